The predicted octanol–water partition coefficient (Wildman–Crippen LogP) is 3.22. The maximum atomic E-state index is 12.8. The van der Waals surface area contributed by atoms with E-state index in [0.29, 0.717) is 29.4 Å². The quantitative estimate of drug-likeness (QED) is 0.637. The monoisotopic (exact) mass is 380 g/mol. The molecule has 1 saturated heterocycles. The number of amides is 3. The number of benzene rings is 2. The van der Waals surface area contributed by atoms with Crippen LogP contribution in [0.5, 0.6) is 17.2 Å². The molecule has 3 amide bonds. The van der Waals surface area contributed by atoms with Gasteiger partial charge in [-0.1, -0.05) is 29.8 Å². The fourth-order valence-electron chi connectivity index (χ4n) is 3.20. The van der Waals surface area contributed by atoms with Crippen LogP contribution in [0.15, 0.2) is 42.1 Å². The molecule has 0 atom stereocenters. The molecule has 2 aliphatic heterocycles. The molecule has 0 radical (unpaired) electrons. The number of fused-ring (bicyclic) bond motifs is 1. The zero-order valence-corrected chi connectivity index (χ0v) is 15.7. The first-order valence-corrected chi connectivity index (χ1v) is 9.01. The summed E-state index contributed by atoms with van der Waals surface area (Å²) in [5, 5.41) is 2.65. The van der Waals surface area contributed by atoms with Crippen molar-refractivity contribution in [2.75, 3.05) is 13.4 Å². The summed E-state index contributed by atoms with van der Waals surface area (Å²) in [7, 11) is 0. The van der Waals surface area contributed by atoms with Gasteiger partial charge in [0.2, 0.25) is 6.79 Å². The van der Waals surface area contributed by atoms with Gasteiger partial charge in [0, 0.05) is 11.6 Å². The lowest BCUT2D eigenvalue weighted by atomic mass is 10.1. The molecule has 2 heterocycles. The smallest absolute Gasteiger partial charge is 0.329 e. The highest BCUT2D eigenvalue weighted by atomic mass is 16.7. The van der Waals surface area contributed by atoms with Gasteiger partial charge in [0.05, 0.1) is 13.2 Å². The number of imide groups is 1. The second-order valence-corrected chi connectivity index (χ2v) is 6.54. The Hall–Kier alpha value is -3.48. The van der Waals surface area contributed by atoms with Gasteiger partial charge in [0.25, 0.3) is 5.91 Å². The van der Waals surface area contributed by atoms with Crippen molar-refractivity contribution < 1.29 is 23.8 Å². The molecular formula is C21H20N2O5. The number of aryl methyl sites for hydroxylation is 1. The molecule has 0 bridgehead atoms. The molecule has 0 spiro atoms. The Bertz CT molecular complexity index is 983. The lowest BCUT2D eigenvalue weighted by Crippen LogP contribution is -2.30. The molecule has 4 rings (SSSR count). The fraction of sp³-hybridized carbons (Fsp3) is 0.238. The lowest BCUT2D eigenvalue weighted by molar-refractivity contribution is -0.123. The summed E-state index contributed by atoms with van der Waals surface area (Å²) >= 11 is 0. The third kappa shape index (κ3) is 3.38. The van der Waals surface area contributed by atoms with Crippen LogP contribution in [0.25, 0.3) is 6.08 Å². The van der Waals surface area contributed by atoms with Gasteiger partial charge in [-0.15, -0.1) is 0 Å². The highest BCUT2D eigenvalue weighted by Gasteiger charge is 2.34. The minimum Gasteiger partial charge on any atom is -0.493 e. The second kappa shape index (κ2) is 7.26. The molecule has 2 aromatic carbocycles. The molecule has 2 aromatic rings. The summed E-state index contributed by atoms with van der Waals surface area (Å²) < 4.78 is 16.4. The number of nitrogens with one attached hydrogen (secondary N) is 1. The Balaban J connectivity index is 1.62. The van der Waals surface area contributed by atoms with Crippen molar-refractivity contribution in [1.82, 2.24) is 10.2 Å². The average Bonchev–Trinajstić information content (AvgIpc) is 3.22. The van der Waals surface area contributed by atoms with E-state index in [0.717, 1.165) is 11.1 Å². The van der Waals surface area contributed by atoms with Crippen molar-refractivity contribution in [2.45, 2.75) is 20.4 Å². The zero-order valence-electron chi connectivity index (χ0n) is 15.7. The topological polar surface area (TPSA) is 77.1 Å². The Kier molecular flexibility index (Phi) is 4.65. The van der Waals surface area contributed by atoms with Crippen LogP contribution in [-0.2, 0) is 11.3 Å². The van der Waals surface area contributed by atoms with Gasteiger partial charge in [-0.25, -0.2) is 4.79 Å². The van der Waals surface area contributed by atoms with E-state index in [1.165, 1.54) is 4.90 Å². The molecule has 0 saturated carbocycles. The van der Waals surface area contributed by atoms with Crippen LogP contribution in [0, 0.1) is 6.92 Å². The number of hydrogen-bond donors (Lipinski definition) is 1. The Morgan fingerprint density at radius 1 is 1.18 bits per heavy atom. The third-order valence-electron chi connectivity index (χ3n) is 4.49. The summed E-state index contributed by atoms with van der Waals surface area (Å²) in [6, 6.07) is 10.7. The molecule has 7 nitrogen and oxygen atoms in total. The molecule has 1 N–H and O–H groups in total. The van der Waals surface area contributed by atoms with Crippen LogP contribution in [0.2, 0.25) is 0 Å². The van der Waals surface area contributed by atoms with Crippen LogP contribution < -0.4 is 19.5 Å². The fourth-order valence-corrected chi connectivity index (χ4v) is 3.20. The van der Waals surface area contributed by atoms with Crippen molar-refractivity contribution in [3.63, 3.8) is 0 Å². The van der Waals surface area contributed by atoms with Crippen LogP contribution in [0.1, 0.15) is 23.6 Å². The van der Waals surface area contributed by atoms with Gasteiger partial charge in [-0.2, -0.15) is 0 Å². The standard InChI is InChI=1S/C21H20N2O5/c1-3-26-17-10-19-18(27-12-28-19)9-15(17)8-16-20(24)23(21(25)22-16)11-14-6-4-5-13(2)7-14/h4-10H,3,11-12H2,1-2H3,(H,22,25)/b16-8+. The Morgan fingerprint density at radius 3 is 2.71 bits per heavy atom. The predicted molar refractivity (Wildman–Crippen MR) is 102 cm³/mol. The number of rotatable bonds is 5. The summed E-state index contributed by atoms with van der Waals surface area (Å²) in [6.45, 7) is 4.64. The number of ether oxygens (including phenoxy) is 3. The van der Waals surface area contributed by atoms with Gasteiger partial charge >= 0.3 is 6.03 Å². The van der Waals surface area contributed by atoms with Gasteiger partial charge in [-0.3, -0.25) is 9.69 Å². The minimum atomic E-state index is -0.448. The van der Waals surface area contributed by atoms with Crippen LogP contribution >= 0.6 is 0 Å². The van der Waals surface area contributed by atoms with E-state index in [-0.39, 0.29) is 24.9 Å². The van der Waals surface area contributed by atoms with Crippen molar-refractivity contribution in [1.29, 1.82) is 0 Å². The number of urea groups is 1. The molecule has 0 aliphatic carbocycles. The maximum absolute atomic E-state index is 12.8. The Morgan fingerprint density at radius 2 is 1.96 bits per heavy atom. The van der Waals surface area contributed by atoms with Crippen molar-refractivity contribution in [3.8, 4) is 17.2 Å². The summed E-state index contributed by atoms with van der Waals surface area (Å²) in [5.74, 6) is 1.34. The van der Waals surface area contributed by atoms with E-state index in [4.69, 9.17) is 14.2 Å². The van der Waals surface area contributed by atoms with Crippen molar-refractivity contribution in [2.24, 2.45) is 0 Å². The largest absolute Gasteiger partial charge is 0.493 e. The van der Waals surface area contributed by atoms with Gasteiger partial charge in [-0.05, 0) is 31.6 Å². The third-order valence-corrected chi connectivity index (χ3v) is 4.49. The van der Waals surface area contributed by atoms with Gasteiger partial charge in [0.1, 0.15) is 11.4 Å². The highest BCUT2D eigenvalue weighted by Crippen LogP contribution is 2.39. The number of carbonyl (C=O) groups excluding carboxylic acids is 2. The van der Waals surface area contributed by atoms with Crippen molar-refractivity contribution >= 4 is 18.0 Å². The van der Waals surface area contributed by atoms with Crippen molar-refractivity contribution in [3.05, 3.63) is 58.8 Å². The van der Waals surface area contributed by atoms with E-state index >= 15 is 0 Å². The minimum absolute atomic E-state index is 0.140. The highest BCUT2D eigenvalue weighted by molar-refractivity contribution is 6.14. The SMILES string of the molecule is CCOc1cc2c(cc1/C=C1/NC(=O)N(Cc3cccc(C)c3)C1=O)OCO2. The molecule has 1 fully saturated rings. The number of nitrogens with zero attached hydrogens (tertiary/aromatic N) is 1. The number of carbonyl (C=O) groups is 2. The molecule has 0 unspecified atom stereocenters. The van der Waals surface area contributed by atoms with E-state index in [9.17, 15) is 9.59 Å². The average molecular weight is 380 g/mol. The van der Waals surface area contributed by atoms with Crippen LogP contribution in [-0.4, -0.2) is 30.2 Å². The molecule has 28 heavy (non-hydrogen) atoms. The summed E-state index contributed by atoms with van der Waals surface area (Å²) in [4.78, 5) is 26.3. The first kappa shape index (κ1) is 17.9. The van der Waals surface area contributed by atoms with Gasteiger partial charge < -0.3 is 19.5 Å². The van der Waals surface area contributed by atoms with E-state index in [1.807, 2.05) is 38.1 Å². The van der Waals surface area contributed by atoms with E-state index in [2.05, 4.69) is 5.32 Å². The summed E-state index contributed by atoms with van der Waals surface area (Å²) in [6.07, 6.45) is 1.60. The maximum Gasteiger partial charge on any atom is 0.329 e. The van der Waals surface area contributed by atoms with E-state index in [1.54, 1.807) is 18.2 Å². The molecular weight excluding hydrogens is 360 g/mol. The van der Waals surface area contributed by atoms with Crippen LogP contribution in [0.4, 0.5) is 4.79 Å². The van der Waals surface area contributed by atoms with E-state index < -0.39 is 6.03 Å². The summed E-state index contributed by atoms with van der Waals surface area (Å²) in [5.41, 5.74) is 2.79. The first-order chi connectivity index (χ1) is 13.5. The number of hydrogen-bond acceptors (Lipinski definition) is 5. The van der Waals surface area contributed by atoms with Gasteiger partial charge in [0.15, 0.2) is 11.5 Å². The first-order valence-electron chi connectivity index (χ1n) is 9.01. The molecule has 7 heteroatoms. The zero-order chi connectivity index (χ0) is 19.7. The normalized spacial score (nSPS) is 16.6. The lowest BCUT2D eigenvalue weighted by Gasteiger charge is -2.12. The Labute approximate surface area is 162 Å². The molecule has 2 aliphatic rings. The van der Waals surface area contributed by atoms with Crippen LogP contribution in [0.3, 0.4) is 0 Å². The molecule has 0 aromatic heterocycles. The molecule has 144 valence electrons. The second-order valence-electron chi connectivity index (χ2n) is 6.54.